The number of amides is 2. The van der Waals surface area contributed by atoms with Gasteiger partial charge in [0.2, 0.25) is 5.91 Å². The molecular weight excluding hydrogens is 726 g/mol. The lowest BCUT2D eigenvalue weighted by Crippen LogP contribution is -2.47. The highest BCUT2D eigenvalue weighted by Crippen LogP contribution is 2.37. The number of carbonyl (C=O) groups is 2. The number of alkyl halides is 2. The molecule has 1 fully saturated rings. The van der Waals surface area contributed by atoms with E-state index in [9.17, 15) is 18.4 Å². The standard InChI is InChI=1S/C33H32BrClF2N8O4/c1-42(15-16-48-28-6-3-2-5-25(28)34)22-9-13-43(14-10-22)29(46)20-44-19-26(40-32(47)24-18-39-45-12-4-11-38-31(24)45)30(41-44)23-17-21(35)7-8-27(23)49-33(36)37/h2-8,11-12,17-19,22,33H,9-10,13-16,20H2,1H3,(H,40,47). The molecule has 0 atom stereocenters. The summed E-state index contributed by atoms with van der Waals surface area (Å²) in [6.07, 6.45) is 7.59. The summed E-state index contributed by atoms with van der Waals surface area (Å²) in [5, 5.41) is 11.7. The van der Waals surface area contributed by atoms with Gasteiger partial charge in [-0.1, -0.05) is 23.7 Å². The van der Waals surface area contributed by atoms with Crippen LogP contribution in [0.25, 0.3) is 16.9 Å². The number of fused-ring (bicyclic) bond motifs is 1. The van der Waals surface area contributed by atoms with Gasteiger partial charge in [-0.2, -0.15) is 19.0 Å². The zero-order chi connectivity index (χ0) is 34.5. The molecule has 0 spiro atoms. The van der Waals surface area contributed by atoms with Crippen molar-refractivity contribution in [2.45, 2.75) is 32.0 Å². The number of piperidine rings is 1. The van der Waals surface area contributed by atoms with Gasteiger partial charge in [-0.3, -0.25) is 19.2 Å². The van der Waals surface area contributed by atoms with Crippen LogP contribution in [0.5, 0.6) is 11.5 Å². The molecule has 1 saturated heterocycles. The number of aromatic nitrogens is 5. The van der Waals surface area contributed by atoms with Crippen molar-refractivity contribution in [3.8, 4) is 22.8 Å². The number of hydrogen-bond donors (Lipinski definition) is 1. The second-order valence-corrected chi connectivity index (χ2v) is 12.7. The van der Waals surface area contributed by atoms with Gasteiger partial charge in [0.1, 0.15) is 35.9 Å². The van der Waals surface area contributed by atoms with E-state index in [1.807, 2.05) is 24.3 Å². The number of halogens is 4. The van der Waals surface area contributed by atoms with Crippen molar-refractivity contribution in [3.05, 3.63) is 88.4 Å². The Balaban J connectivity index is 1.15. The van der Waals surface area contributed by atoms with Crippen LogP contribution in [0.1, 0.15) is 23.2 Å². The van der Waals surface area contributed by atoms with Crippen LogP contribution >= 0.6 is 27.5 Å². The van der Waals surface area contributed by atoms with Crippen LogP contribution in [0.4, 0.5) is 14.5 Å². The maximum atomic E-state index is 13.5. The van der Waals surface area contributed by atoms with Crippen molar-refractivity contribution in [2.24, 2.45) is 0 Å². The molecule has 1 aliphatic rings. The third-order valence-electron chi connectivity index (χ3n) is 8.22. The van der Waals surface area contributed by atoms with E-state index in [2.05, 4.69) is 48.4 Å². The summed E-state index contributed by atoms with van der Waals surface area (Å²) in [4.78, 5) is 35.1. The predicted molar refractivity (Wildman–Crippen MR) is 182 cm³/mol. The molecule has 0 radical (unpaired) electrons. The summed E-state index contributed by atoms with van der Waals surface area (Å²) in [6, 6.07) is 13.8. The van der Waals surface area contributed by atoms with Crippen molar-refractivity contribution in [3.63, 3.8) is 0 Å². The van der Waals surface area contributed by atoms with Crippen molar-refractivity contribution in [1.29, 1.82) is 0 Å². The molecular formula is C33H32BrClF2N8O4. The topological polar surface area (TPSA) is 119 Å². The lowest BCUT2D eigenvalue weighted by atomic mass is 10.0. The zero-order valence-electron chi connectivity index (χ0n) is 26.3. The first-order valence-corrected chi connectivity index (χ1v) is 16.6. The third-order valence-corrected chi connectivity index (χ3v) is 9.11. The average Bonchev–Trinajstić information content (AvgIpc) is 3.70. The van der Waals surface area contributed by atoms with Gasteiger partial charge in [0.25, 0.3) is 5.91 Å². The van der Waals surface area contributed by atoms with Gasteiger partial charge >= 0.3 is 6.61 Å². The third kappa shape index (κ3) is 8.17. The van der Waals surface area contributed by atoms with E-state index in [-0.39, 0.29) is 51.8 Å². The Kier molecular flexibility index (Phi) is 10.7. The second kappa shape index (κ2) is 15.3. The van der Waals surface area contributed by atoms with Gasteiger partial charge in [0.05, 0.1) is 16.4 Å². The molecule has 2 amide bonds. The van der Waals surface area contributed by atoms with E-state index < -0.39 is 12.5 Å². The molecule has 1 aliphatic heterocycles. The van der Waals surface area contributed by atoms with Crippen molar-refractivity contribution in [1.82, 2.24) is 34.2 Å². The largest absolute Gasteiger partial charge is 0.491 e. The molecule has 0 saturated carbocycles. The number of nitrogens with one attached hydrogen (secondary N) is 1. The molecule has 0 aliphatic carbocycles. The maximum absolute atomic E-state index is 13.5. The van der Waals surface area contributed by atoms with Gasteiger partial charge in [-0.05, 0) is 72.2 Å². The fraction of sp³-hybridized carbons (Fsp3) is 0.303. The number of carbonyl (C=O) groups excluding carboxylic acids is 2. The highest BCUT2D eigenvalue weighted by Gasteiger charge is 2.27. The van der Waals surface area contributed by atoms with Gasteiger partial charge in [0, 0.05) is 54.9 Å². The van der Waals surface area contributed by atoms with E-state index in [4.69, 9.17) is 21.1 Å². The molecule has 2 aromatic carbocycles. The van der Waals surface area contributed by atoms with Crippen LogP contribution in [-0.4, -0.2) is 91.9 Å². The van der Waals surface area contributed by atoms with Crippen LogP contribution in [0.2, 0.25) is 5.02 Å². The fourth-order valence-electron chi connectivity index (χ4n) is 5.69. The normalized spacial score (nSPS) is 13.7. The Morgan fingerprint density at radius 2 is 1.94 bits per heavy atom. The number of benzene rings is 2. The summed E-state index contributed by atoms with van der Waals surface area (Å²) in [7, 11) is 2.05. The van der Waals surface area contributed by atoms with Crippen molar-refractivity contribution >= 4 is 50.7 Å². The Morgan fingerprint density at radius 1 is 1.14 bits per heavy atom. The van der Waals surface area contributed by atoms with Crippen LogP contribution in [-0.2, 0) is 11.3 Å². The number of hydrogen-bond acceptors (Lipinski definition) is 8. The predicted octanol–water partition coefficient (Wildman–Crippen LogP) is 5.86. The molecule has 12 nitrogen and oxygen atoms in total. The van der Waals surface area contributed by atoms with E-state index in [1.165, 1.54) is 46.0 Å². The average molecular weight is 758 g/mol. The van der Waals surface area contributed by atoms with Crippen LogP contribution in [0.3, 0.4) is 0 Å². The lowest BCUT2D eigenvalue weighted by molar-refractivity contribution is -0.133. The Hall–Kier alpha value is -4.60. The fourth-order valence-corrected chi connectivity index (χ4v) is 6.27. The first-order valence-electron chi connectivity index (χ1n) is 15.4. The summed E-state index contributed by atoms with van der Waals surface area (Å²) in [5.41, 5.74) is 0.852. The maximum Gasteiger partial charge on any atom is 0.387 e. The van der Waals surface area contributed by atoms with Crippen molar-refractivity contribution in [2.75, 3.05) is 38.6 Å². The smallest absolute Gasteiger partial charge is 0.387 e. The Morgan fingerprint density at radius 3 is 2.71 bits per heavy atom. The minimum atomic E-state index is -3.12. The van der Waals surface area contributed by atoms with E-state index in [0.29, 0.717) is 25.3 Å². The highest BCUT2D eigenvalue weighted by molar-refractivity contribution is 9.10. The van der Waals surface area contributed by atoms with Gasteiger partial charge < -0.3 is 19.7 Å². The molecule has 1 N–H and O–H groups in total. The van der Waals surface area contributed by atoms with Crippen LogP contribution in [0.15, 0.2) is 77.8 Å². The molecule has 0 bridgehead atoms. The van der Waals surface area contributed by atoms with Gasteiger partial charge in [-0.15, -0.1) is 0 Å². The summed E-state index contributed by atoms with van der Waals surface area (Å²) < 4.78 is 41.1. The van der Waals surface area contributed by atoms with Crippen LogP contribution in [0, 0.1) is 0 Å². The number of nitrogens with zero attached hydrogens (tertiary/aromatic N) is 7. The minimum Gasteiger partial charge on any atom is -0.491 e. The number of likely N-dealkylation sites (N-methyl/N-ethyl adjacent to an activating group) is 1. The van der Waals surface area contributed by atoms with Crippen LogP contribution < -0.4 is 14.8 Å². The summed E-state index contributed by atoms with van der Waals surface area (Å²) in [6.45, 7) is -0.891. The minimum absolute atomic E-state index is 0.0915. The first-order chi connectivity index (χ1) is 23.7. The van der Waals surface area contributed by atoms with E-state index in [0.717, 1.165) is 29.6 Å². The SMILES string of the molecule is CN(CCOc1ccccc1Br)C1CCN(C(=O)Cn2cc(NC(=O)c3cnn4cccnc34)c(-c3cc(Cl)ccc3OC(F)F)n2)CC1. The number of para-hydroxylation sites is 1. The Bertz CT molecular complexity index is 1950. The molecule has 4 heterocycles. The Labute approximate surface area is 293 Å². The monoisotopic (exact) mass is 756 g/mol. The van der Waals surface area contributed by atoms with E-state index >= 15 is 0 Å². The number of anilines is 1. The first kappa shape index (κ1) is 34.3. The molecule has 0 unspecified atom stereocenters. The number of likely N-dealkylation sites (tertiary alicyclic amines) is 1. The number of ether oxygens (including phenoxy) is 2. The van der Waals surface area contributed by atoms with Gasteiger partial charge in [-0.25, -0.2) is 9.50 Å². The molecule has 256 valence electrons. The second-order valence-electron chi connectivity index (χ2n) is 11.4. The highest BCUT2D eigenvalue weighted by atomic mass is 79.9. The van der Waals surface area contributed by atoms with E-state index in [1.54, 1.807) is 17.2 Å². The molecule has 5 aromatic rings. The summed E-state index contributed by atoms with van der Waals surface area (Å²) in [5.74, 6) is -0.141. The van der Waals surface area contributed by atoms with Gasteiger partial charge in [0.15, 0.2) is 5.65 Å². The lowest BCUT2D eigenvalue weighted by Gasteiger charge is -2.36. The quantitative estimate of drug-likeness (QED) is 0.168. The molecule has 16 heteroatoms. The number of rotatable bonds is 12. The molecule has 6 rings (SSSR count). The summed E-state index contributed by atoms with van der Waals surface area (Å²) >= 11 is 9.74. The van der Waals surface area contributed by atoms with Crippen molar-refractivity contribution < 1.29 is 27.8 Å². The zero-order valence-corrected chi connectivity index (χ0v) is 28.6. The molecule has 3 aromatic heterocycles. The molecule has 49 heavy (non-hydrogen) atoms.